The lowest BCUT2D eigenvalue weighted by molar-refractivity contribution is -0.384. The molecule has 10 heteroatoms. The summed E-state index contributed by atoms with van der Waals surface area (Å²) < 4.78 is 13.3. The predicted octanol–water partition coefficient (Wildman–Crippen LogP) is 3.37. The maximum atomic E-state index is 12.6. The van der Waals surface area contributed by atoms with Crippen LogP contribution in [0.3, 0.4) is 0 Å². The summed E-state index contributed by atoms with van der Waals surface area (Å²) in [7, 11) is 0. The Morgan fingerprint density at radius 2 is 2.10 bits per heavy atom. The van der Waals surface area contributed by atoms with Gasteiger partial charge in [0.05, 0.1) is 21.6 Å². The van der Waals surface area contributed by atoms with Gasteiger partial charge < -0.3 is 14.0 Å². The molecule has 0 saturated carbocycles. The third-order valence-electron chi connectivity index (χ3n) is 4.41. The van der Waals surface area contributed by atoms with Crippen LogP contribution >= 0.6 is 23.1 Å². The molecule has 1 amide bonds. The van der Waals surface area contributed by atoms with E-state index in [-0.39, 0.29) is 24.8 Å². The second-order valence-corrected chi connectivity index (χ2v) is 8.30. The molecule has 3 aromatic rings. The van der Waals surface area contributed by atoms with E-state index in [1.165, 1.54) is 23.5 Å². The fraction of sp³-hybridized carbons (Fsp3) is 0.263. The first-order valence-electron chi connectivity index (χ1n) is 8.78. The number of carbonyl (C=O) groups is 1. The number of non-ortho nitro benzene ring substituents is 1. The molecule has 0 fully saturated rings. The first-order chi connectivity index (χ1) is 14.0. The number of rotatable bonds is 6. The van der Waals surface area contributed by atoms with Crippen molar-refractivity contribution < 1.29 is 19.2 Å². The fourth-order valence-corrected chi connectivity index (χ4v) is 4.50. The Labute approximate surface area is 173 Å². The van der Waals surface area contributed by atoms with Gasteiger partial charge in [-0.3, -0.25) is 14.9 Å². The molecular formula is C19H17N3O5S2. The van der Waals surface area contributed by atoms with Gasteiger partial charge in [0.15, 0.2) is 16.3 Å². The summed E-state index contributed by atoms with van der Waals surface area (Å²) in [6.45, 7) is 0.843. The number of nitrogens with zero attached hydrogens (tertiary/aromatic N) is 3. The standard InChI is InChI=1S/C19H17N3O5S2/c1-28-7-6-21-14-4-3-13(22(24)25)10-17(14)29-19(21)20-18(23)9-12-2-5-15-16(8-12)27-11-26-15/h2-5,8,10H,6-7,9,11H2,1H3. The van der Waals surface area contributed by atoms with E-state index in [0.29, 0.717) is 22.8 Å². The van der Waals surface area contributed by atoms with Gasteiger partial charge in [0, 0.05) is 24.4 Å². The molecule has 1 aliphatic heterocycles. The van der Waals surface area contributed by atoms with Crippen LogP contribution in [0.25, 0.3) is 10.2 Å². The summed E-state index contributed by atoms with van der Waals surface area (Å²) in [6, 6.07) is 10.1. The molecule has 2 aromatic carbocycles. The van der Waals surface area contributed by atoms with Gasteiger partial charge in [-0.2, -0.15) is 16.8 Å². The number of fused-ring (bicyclic) bond motifs is 2. The minimum Gasteiger partial charge on any atom is -0.454 e. The molecule has 0 spiro atoms. The molecule has 0 unspecified atom stereocenters. The normalized spacial score (nSPS) is 13.2. The topological polar surface area (TPSA) is 96.0 Å². The zero-order valence-electron chi connectivity index (χ0n) is 15.5. The molecule has 8 nitrogen and oxygen atoms in total. The van der Waals surface area contributed by atoms with Crippen LogP contribution < -0.4 is 14.3 Å². The minimum atomic E-state index is -0.424. The van der Waals surface area contributed by atoms with Crippen molar-refractivity contribution in [3.8, 4) is 11.5 Å². The number of aryl methyl sites for hydroxylation is 1. The zero-order valence-corrected chi connectivity index (χ0v) is 17.1. The number of amides is 1. The molecule has 4 rings (SSSR count). The van der Waals surface area contributed by atoms with Crippen molar-refractivity contribution in [1.82, 2.24) is 4.57 Å². The lowest BCUT2D eigenvalue weighted by atomic mass is 10.1. The number of aromatic nitrogens is 1. The lowest BCUT2D eigenvalue weighted by Crippen LogP contribution is -2.18. The van der Waals surface area contributed by atoms with Crippen molar-refractivity contribution in [3.63, 3.8) is 0 Å². The molecule has 0 saturated heterocycles. The van der Waals surface area contributed by atoms with Crippen LogP contribution in [0.5, 0.6) is 11.5 Å². The first-order valence-corrected chi connectivity index (χ1v) is 11.0. The van der Waals surface area contributed by atoms with Crippen molar-refractivity contribution in [2.75, 3.05) is 18.8 Å². The Bertz CT molecular complexity index is 1170. The van der Waals surface area contributed by atoms with Gasteiger partial charge in [0.2, 0.25) is 6.79 Å². The number of ether oxygens (including phenoxy) is 2. The van der Waals surface area contributed by atoms with Gasteiger partial charge in [-0.15, -0.1) is 0 Å². The van der Waals surface area contributed by atoms with Gasteiger partial charge in [-0.25, -0.2) is 0 Å². The van der Waals surface area contributed by atoms with Gasteiger partial charge in [-0.05, 0) is 30.0 Å². The average molecular weight is 431 g/mol. The highest BCUT2D eigenvalue weighted by Gasteiger charge is 2.15. The minimum absolute atomic E-state index is 0.0222. The smallest absolute Gasteiger partial charge is 0.270 e. The highest BCUT2D eigenvalue weighted by molar-refractivity contribution is 7.98. The fourth-order valence-electron chi connectivity index (χ4n) is 3.03. The third kappa shape index (κ3) is 4.13. The van der Waals surface area contributed by atoms with E-state index >= 15 is 0 Å². The Hall–Kier alpha value is -2.85. The highest BCUT2D eigenvalue weighted by atomic mass is 32.2. The van der Waals surface area contributed by atoms with Crippen molar-refractivity contribution >= 4 is 44.9 Å². The molecule has 1 aliphatic rings. The molecule has 0 aliphatic carbocycles. The molecule has 0 atom stereocenters. The van der Waals surface area contributed by atoms with E-state index in [4.69, 9.17) is 9.47 Å². The van der Waals surface area contributed by atoms with Gasteiger partial charge in [-0.1, -0.05) is 17.4 Å². The Morgan fingerprint density at radius 3 is 2.90 bits per heavy atom. The SMILES string of the molecule is CSCCn1c(=NC(=O)Cc2ccc3c(c2)OCO3)sc2cc([N+](=O)[O-])ccc21. The number of nitro benzene ring substituents is 1. The number of hydrogen-bond acceptors (Lipinski definition) is 7. The number of thiazole rings is 1. The first kappa shape index (κ1) is 19.5. The molecular weight excluding hydrogens is 414 g/mol. The molecule has 0 bridgehead atoms. The number of thioether (sulfide) groups is 1. The second kappa shape index (κ2) is 8.26. The summed E-state index contributed by atoms with van der Waals surface area (Å²) in [6.07, 6.45) is 2.13. The Morgan fingerprint density at radius 1 is 1.28 bits per heavy atom. The molecule has 0 radical (unpaired) electrons. The van der Waals surface area contributed by atoms with E-state index in [9.17, 15) is 14.9 Å². The van der Waals surface area contributed by atoms with Gasteiger partial charge >= 0.3 is 0 Å². The number of hydrogen-bond donors (Lipinski definition) is 0. The lowest BCUT2D eigenvalue weighted by Gasteiger charge is -2.04. The van der Waals surface area contributed by atoms with Crippen LogP contribution in [0.2, 0.25) is 0 Å². The zero-order chi connectivity index (χ0) is 20.4. The second-order valence-electron chi connectivity index (χ2n) is 6.31. The third-order valence-corrected chi connectivity index (χ3v) is 6.04. The Kier molecular flexibility index (Phi) is 5.54. The monoisotopic (exact) mass is 431 g/mol. The van der Waals surface area contributed by atoms with E-state index in [2.05, 4.69) is 4.99 Å². The molecule has 0 N–H and O–H groups in total. The van der Waals surface area contributed by atoms with Crippen LogP contribution in [0.15, 0.2) is 41.4 Å². The summed E-state index contributed by atoms with van der Waals surface area (Å²) >= 11 is 2.96. The summed E-state index contributed by atoms with van der Waals surface area (Å²) in [5.41, 5.74) is 1.65. The van der Waals surface area contributed by atoms with Gasteiger partial charge in [0.1, 0.15) is 0 Å². The van der Waals surface area contributed by atoms with E-state index in [1.54, 1.807) is 30.0 Å². The maximum absolute atomic E-state index is 12.6. The highest BCUT2D eigenvalue weighted by Crippen LogP contribution is 2.32. The molecule has 150 valence electrons. The average Bonchev–Trinajstić information content (AvgIpc) is 3.29. The quantitative estimate of drug-likeness (QED) is 0.439. The summed E-state index contributed by atoms with van der Waals surface area (Å²) in [5, 5.41) is 11.1. The van der Waals surface area contributed by atoms with E-state index in [1.807, 2.05) is 16.9 Å². The summed E-state index contributed by atoms with van der Waals surface area (Å²) in [5.74, 6) is 1.84. The number of benzene rings is 2. The maximum Gasteiger partial charge on any atom is 0.270 e. The molecule has 29 heavy (non-hydrogen) atoms. The molecule has 2 heterocycles. The van der Waals surface area contributed by atoms with Crippen molar-refractivity contribution in [3.05, 3.63) is 56.9 Å². The van der Waals surface area contributed by atoms with E-state index < -0.39 is 4.92 Å². The van der Waals surface area contributed by atoms with Crippen molar-refractivity contribution in [2.45, 2.75) is 13.0 Å². The predicted molar refractivity (Wildman–Crippen MR) is 112 cm³/mol. The van der Waals surface area contributed by atoms with Crippen LogP contribution in [-0.2, 0) is 17.8 Å². The summed E-state index contributed by atoms with van der Waals surface area (Å²) in [4.78, 5) is 28.1. The van der Waals surface area contributed by atoms with Gasteiger partial charge in [0.25, 0.3) is 11.6 Å². The number of nitro groups is 1. The largest absolute Gasteiger partial charge is 0.454 e. The van der Waals surface area contributed by atoms with E-state index in [0.717, 1.165) is 21.5 Å². The van der Waals surface area contributed by atoms with Crippen molar-refractivity contribution in [1.29, 1.82) is 0 Å². The van der Waals surface area contributed by atoms with Crippen LogP contribution in [0.4, 0.5) is 5.69 Å². The van der Waals surface area contributed by atoms with Crippen LogP contribution in [0.1, 0.15) is 5.56 Å². The molecule has 1 aromatic heterocycles. The number of carbonyl (C=O) groups excluding carboxylic acids is 1. The van der Waals surface area contributed by atoms with Crippen molar-refractivity contribution in [2.24, 2.45) is 4.99 Å². The van der Waals surface area contributed by atoms with Crippen LogP contribution in [0, 0.1) is 10.1 Å². The van der Waals surface area contributed by atoms with Crippen LogP contribution in [-0.4, -0.2) is 34.2 Å². The Balaban J connectivity index is 1.67.